The Morgan fingerprint density at radius 2 is 2.17 bits per heavy atom. The molecule has 2 heterocycles. The standard InChI is InChI=1S/C17H23N3O4/c21-16(14-11-23-8-6-18-14)19-10-12-3-1-4-13(9-12)20-17(22)15-5-2-7-24-15/h1,3-4,9,14-15,18H,2,5-8,10-11H2,(H,19,21)(H,20,22). The fraction of sp³-hybridized carbons (Fsp3) is 0.529. The Morgan fingerprint density at radius 3 is 2.92 bits per heavy atom. The minimum Gasteiger partial charge on any atom is -0.378 e. The van der Waals surface area contributed by atoms with Crippen molar-refractivity contribution in [3.05, 3.63) is 29.8 Å². The minimum absolute atomic E-state index is 0.0801. The summed E-state index contributed by atoms with van der Waals surface area (Å²) in [6.45, 7) is 2.76. The van der Waals surface area contributed by atoms with E-state index in [1.165, 1.54) is 0 Å². The second kappa shape index (κ2) is 8.23. The first-order valence-corrected chi connectivity index (χ1v) is 8.32. The number of rotatable bonds is 5. The largest absolute Gasteiger partial charge is 0.378 e. The Morgan fingerprint density at radius 1 is 1.25 bits per heavy atom. The van der Waals surface area contributed by atoms with Crippen molar-refractivity contribution < 1.29 is 19.1 Å². The third-order valence-electron chi connectivity index (χ3n) is 4.12. The van der Waals surface area contributed by atoms with E-state index >= 15 is 0 Å². The average Bonchev–Trinajstić information content (AvgIpc) is 3.15. The highest BCUT2D eigenvalue weighted by Crippen LogP contribution is 2.16. The Hall–Kier alpha value is -1.96. The molecule has 1 aromatic carbocycles. The van der Waals surface area contributed by atoms with E-state index in [-0.39, 0.29) is 24.0 Å². The monoisotopic (exact) mass is 333 g/mol. The third-order valence-corrected chi connectivity index (χ3v) is 4.12. The van der Waals surface area contributed by atoms with Crippen molar-refractivity contribution in [2.24, 2.45) is 0 Å². The summed E-state index contributed by atoms with van der Waals surface area (Å²) in [6, 6.07) is 7.15. The quantitative estimate of drug-likeness (QED) is 0.726. The van der Waals surface area contributed by atoms with Gasteiger partial charge in [0.25, 0.3) is 5.91 Å². The molecule has 2 fully saturated rings. The summed E-state index contributed by atoms with van der Waals surface area (Å²) in [6.07, 6.45) is 1.33. The van der Waals surface area contributed by atoms with Gasteiger partial charge in [-0.25, -0.2) is 0 Å². The second-order valence-corrected chi connectivity index (χ2v) is 5.99. The van der Waals surface area contributed by atoms with Crippen LogP contribution in [0.5, 0.6) is 0 Å². The summed E-state index contributed by atoms with van der Waals surface area (Å²) in [5.41, 5.74) is 1.63. The van der Waals surface area contributed by atoms with Crippen molar-refractivity contribution in [3.63, 3.8) is 0 Å². The molecule has 1 aromatic rings. The first-order chi connectivity index (χ1) is 11.7. The molecule has 0 bridgehead atoms. The second-order valence-electron chi connectivity index (χ2n) is 5.99. The highest BCUT2D eigenvalue weighted by molar-refractivity contribution is 5.94. The predicted molar refractivity (Wildman–Crippen MR) is 88.5 cm³/mol. The first-order valence-electron chi connectivity index (χ1n) is 8.32. The van der Waals surface area contributed by atoms with Gasteiger partial charge in [0.1, 0.15) is 12.1 Å². The number of anilines is 1. The maximum absolute atomic E-state index is 12.1. The Balaban J connectivity index is 1.51. The molecule has 2 aliphatic rings. The van der Waals surface area contributed by atoms with Gasteiger partial charge >= 0.3 is 0 Å². The van der Waals surface area contributed by atoms with Crippen LogP contribution in [0.2, 0.25) is 0 Å². The average molecular weight is 333 g/mol. The number of hydrogen-bond donors (Lipinski definition) is 3. The van der Waals surface area contributed by atoms with E-state index < -0.39 is 0 Å². The molecule has 7 heteroatoms. The number of benzene rings is 1. The molecule has 2 aliphatic heterocycles. The summed E-state index contributed by atoms with van der Waals surface area (Å²) in [4.78, 5) is 24.1. The van der Waals surface area contributed by atoms with Crippen LogP contribution in [0.1, 0.15) is 18.4 Å². The molecular formula is C17H23N3O4. The van der Waals surface area contributed by atoms with Crippen LogP contribution in [-0.2, 0) is 25.6 Å². The van der Waals surface area contributed by atoms with Crippen molar-refractivity contribution in [1.82, 2.24) is 10.6 Å². The van der Waals surface area contributed by atoms with Crippen LogP contribution in [0, 0.1) is 0 Å². The molecule has 3 rings (SSSR count). The van der Waals surface area contributed by atoms with Crippen LogP contribution in [0.4, 0.5) is 5.69 Å². The molecular weight excluding hydrogens is 310 g/mol. The van der Waals surface area contributed by atoms with E-state index in [4.69, 9.17) is 9.47 Å². The molecule has 24 heavy (non-hydrogen) atoms. The molecule has 2 atom stereocenters. The summed E-state index contributed by atoms with van der Waals surface area (Å²) in [7, 11) is 0. The Labute approximate surface area is 141 Å². The number of carbonyl (C=O) groups excluding carboxylic acids is 2. The lowest BCUT2D eigenvalue weighted by Crippen LogP contribution is -2.51. The smallest absolute Gasteiger partial charge is 0.253 e. The molecule has 2 saturated heterocycles. The van der Waals surface area contributed by atoms with Gasteiger partial charge in [-0.1, -0.05) is 12.1 Å². The fourth-order valence-corrected chi connectivity index (χ4v) is 2.81. The first kappa shape index (κ1) is 16.9. The van der Waals surface area contributed by atoms with Gasteiger partial charge in [-0.15, -0.1) is 0 Å². The number of hydrogen-bond acceptors (Lipinski definition) is 5. The van der Waals surface area contributed by atoms with Gasteiger partial charge in [-0.3, -0.25) is 9.59 Å². The lowest BCUT2D eigenvalue weighted by molar-refractivity contribution is -0.126. The minimum atomic E-state index is -0.356. The van der Waals surface area contributed by atoms with Crippen molar-refractivity contribution in [2.45, 2.75) is 31.5 Å². The van der Waals surface area contributed by atoms with E-state index in [2.05, 4.69) is 16.0 Å². The Bertz CT molecular complexity index is 581. The number of amides is 2. The lowest BCUT2D eigenvalue weighted by atomic mass is 10.1. The molecule has 3 N–H and O–H groups in total. The Kier molecular flexibility index (Phi) is 5.79. The molecule has 7 nitrogen and oxygen atoms in total. The SMILES string of the molecule is O=C(NCc1cccc(NC(=O)C2CCCO2)c1)C1COCCN1. The topological polar surface area (TPSA) is 88.7 Å². The van der Waals surface area contributed by atoms with Gasteiger partial charge in [0.15, 0.2) is 0 Å². The van der Waals surface area contributed by atoms with Crippen LogP contribution >= 0.6 is 0 Å². The molecule has 0 saturated carbocycles. The van der Waals surface area contributed by atoms with Gasteiger partial charge in [0.05, 0.1) is 13.2 Å². The molecule has 0 aromatic heterocycles. The summed E-state index contributed by atoms with van der Waals surface area (Å²) < 4.78 is 10.7. The number of nitrogens with one attached hydrogen (secondary N) is 3. The van der Waals surface area contributed by atoms with E-state index in [0.29, 0.717) is 38.6 Å². The molecule has 2 amide bonds. The summed E-state index contributed by atoms with van der Waals surface area (Å²) in [5.74, 6) is -0.194. The molecule has 0 spiro atoms. The van der Waals surface area contributed by atoms with Crippen molar-refractivity contribution in [2.75, 3.05) is 31.7 Å². The maximum atomic E-state index is 12.1. The molecule has 2 unspecified atom stereocenters. The maximum Gasteiger partial charge on any atom is 0.253 e. The number of carbonyl (C=O) groups is 2. The fourth-order valence-electron chi connectivity index (χ4n) is 2.81. The zero-order valence-electron chi connectivity index (χ0n) is 13.5. The van der Waals surface area contributed by atoms with E-state index in [0.717, 1.165) is 18.4 Å². The molecule has 130 valence electrons. The van der Waals surface area contributed by atoms with E-state index in [9.17, 15) is 9.59 Å². The van der Waals surface area contributed by atoms with Crippen molar-refractivity contribution in [1.29, 1.82) is 0 Å². The van der Waals surface area contributed by atoms with Gasteiger partial charge in [0.2, 0.25) is 5.91 Å². The van der Waals surface area contributed by atoms with Crippen molar-refractivity contribution in [3.8, 4) is 0 Å². The lowest BCUT2D eigenvalue weighted by Gasteiger charge is -2.22. The zero-order chi connectivity index (χ0) is 16.8. The zero-order valence-corrected chi connectivity index (χ0v) is 13.5. The van der Waals surface area contributed by atoms with Crippen LogP contribution < -0.4 is 16.0 Å². The highest BCUT2D eigenvalue weighted by atomic mass is 16.5. The number of ether oxygens (including phenoxy) is 2. The van der Waals surface area contributed by atoms with Crippen molar-refractivity contribution >= 4 is 17.5 Å². The van der Waals surface area contributed by atoms with Gasteiger partial charge in [-0.2, -0.15) is 0 Å². The predicted octanol–water partition coefficient (Wildman–Crippen LogP) is 0.409. The van der Waals surface area contributed by atoms with Crippen LogP contribution in [0.3, 0.4) is 0 Å². The van der Waals surface area contributed by atoms with Crippen LogP contribution in [0.25, 0.3) is 0 Å². The van der Waals surface area contributed by atoms with Gasteiger partial charge in [0, 0.05) is 25.4 Å². The van der Waals surface area contributed by atoms with Crippen LogP contribution in [0.15, 0.2) is 24.3 Å². The van der Waals surface area contributed by atoms with Gasteiger partial charge in [-0.05, 0) is 30.5 Å². The van der Waals surface area contributed by atoms with E-state index in [1.807, 2.05) is 24.3 Å². The van der Waals surface area contributed by atoms with Crippen LogP contribution in [-0.4, -0.2) is 50.3 Å². The van der Waals surface area contributed by atoms with E-state index in [1.54, 1.807) is 0 Å². The molecule has 0 aliphatic carbocycles. The summed E-state index contributed by atoms with van der Waals surface area (Å²) >= 11 is 0. The summed E-state index contributed by atoms with van der Waals surface area (Å²) in [5, 5.41) is 8.87. The normalized spacial score (nSPS) is 23.7. The number of morpholine rings is 1. The third kappa shape index (κ3) is 4.53. The van der Waals surface area contributed by atoms with Gasteiger partial charge < -0.3 is 25.4 Å². The highest BCUT2D eigenvalue weighted by Gasteiger charge is 2.23. The molecule has 0 radical (unpaired) electrons.